The number of para-hydroxylation sites is 1. The molecule has 0 aliphatic carbocycles. The summed E-state index contributed by atoms with van der Waals surface area (Å²) in [5, 5.41) is 1.82. The van der Waals surface area contributed by atoms with Crippen LogP contribution in [0, 0.1) is 6.92 Å². The summed E-state index contributed by atoms with van der Waals surface area (Å²) in [6.07, 6.45) is 2.05. The monoisotopic (exact) mass is 326 g/mol. The number of hydrogen-bond acceptors (Lipinski definition) is 4. The molecule has 5 nitrogen and oxygen atoms in total. The summed E-state index contributed by atoms with van der Waals surface area (Å²) in [5.74, 6) is 1.28. The largest absolute Gasteiger partial charge is 0.342 e. The van der Waals surface area contributed by atoms with Crippen LogP contribution in [0.15, 0.2) is 29.1 Å². The van der Waals surface area contributed by atoms with Crippen LogP contribution in [-0.2, 0) is 0 Å². The van der Waals surface area contributed by atoms with E-state index in [2.05, 4.69) is 29.0 Å². The number of piperidine rings is 1. The van der Waals surface area contributed by atoms with Crippen molar-refractivity contribution in [2.45, 2.75) is 25.7 Å². The molecule has 118 valence electrons. The Kier molecular flexibility index (Phi) is 3.61. The standard InChI is InChI=1S/C17H18N4OS/c1-11-4-2-6-13-15(11)20-16(19-13)12-5-3-7-21(8-12)17(22)14-9-23-10-18-14/h2,4,6,9-10,12H,3,5,7-8H2,1H3,(H,19,20)/t12-/m0/s1. The summed E-state index contributed by atoms with van der Waals surface area (Å²) in [6.45, 7) is 3.58. The third-order valence-electron chi connectivity index (χ3n) is 4.48. The minimum Gasteiger partial charge on any atom is -0.342 e. The zero-order valence-corrected chi connectivity index (χ0v) is 13.8. The maximum atomic E-state index is 12.5. The van der Waals surface area contributed by atoms with Crippen LogP contribution < -0.4 is 0 Å². The summed E-state index contributed by atoms with van der Waals surface area (Å²) in [6, 6.07) is 6.17. The number of H-pyrrole nitrogens is 1. The highest BCUT2D eigenvalue weighted by atomic mass is 32.1. The van der Waals surface area contributed by atoms with Crippen LogP contribution in [0.1, 0.15) is 40.6 Å². The minimum atomic E-state index is 0.0308. The number of aromatic amines is 1. The highest BCUT2D eigenvalue weighted by Crippen LogP contribution is 2.28. The predicted molar refractivity (Wildman–Crippen MR) is 90.8 cm³/mol. The normalized spacial score (nSPS) is 18.5. The molecule has 3 heterocycles. The molecule has 1 saturated heterocycles. The van der Waals surface area contributed by atoms with Gasteiger partial charge in [-0.05, 0) is 31.4 Å². The molecule has 3 aromatic rings. The molecule has 0 unspecified atom stereocenters. The molecule has 6 heteroatoms. The molecule has 0 saturated carbocycles. The molecule has 1 aliphatic heterocycles. The first-order chi connectivity index (χ1) is 11.2. The first-order valence-electron chi connectivity index (χ1n) is 7.85. The molecular formula is C17H18N4OS. The van der Waals surface area contributed by atoms with Crippen LogP contribution in [-0.4, -0.2) is 38.8 Å². The second-order valence-corrected chi connectivity index (χ2v) is 6.78. The Bertz CT molecular complexity index is 840. The molecule has 23 heavy (non-hydrogen) atoms. The number of aryl methyl sites for hydroxylation is 1. The zero-order chi connectivity index (χ0) is 15.8. The fourth-order valence-electron chi connectivity index (χ4n) is 3.25. The van der Waals surface area contributed by atoms with Gasteiger partial charge in [0.15, 0.2) is 0 Å². The molecule has 0 bridgehead atoms. The fraction of sp³-hybridized carbons (Fsp3) is 0.353. The summed E-state index contributed by atoms with van der Waals surface area (Å²) >= 11 is 1.46. The lowest BCUT2D eigenvalue weighted by molar-refractivity contribution is 0.0700. The van der Waals surface area contributed by atoms with Gasteiger partial charge in [-0.2, -0.15) is 0 Å². The quantitative estimate of drug-likeness (QED) is 0.785. The van der Waals surface area contributed by atoms with Crippen molar-refractivity contribution >= 4 is 28.3 Å². The number of hydrogen-bond donors (Lipinski definition) is 1. The Morgan fingerprint density at radius 2 is 2.35 bits per heavy atom. The smallest absolute Gasteiger partial charge is 0.273 e. The Balaban J connectivity index is 1.59. The number of nitrogens with one attached hydrogen (secondary N) is 1. The van der Waals surface area contributed by atoms with Gasteiger partial charge in [0.2, 0.25) is 0 Å². The number of aromatic nitrogens is 3. The summed E-state index contributed by atoms with van der Waals surface area (Å²) < 4.78 is 0. The lowest BCUT2D eigenvalue weighted by Gasteiger charge is -2.31. The van der Waals surface area contributed by atoms with E-state index in [0.717, 1.165) is 36.2 Å². The number of nitrogens with zero attached hydrogens (tertiary/aromatic N) is 3. The number of carbonyl (C=O) groups is 1. The van der Waals surface area contributed by atoms with Crippen LogP contribution >= 0.6 is 11.3 Å². The summed E-state index contributed by atoms with van der Waals surface area (Å²) in [5.41, 5.74) is 5.54. The second-order valence-electron chi connectivity index (χ2n) is 6.06. The first kappa shape index (κ1) is 14.4. The number of thiazole rings is 1. The van der Waals surface area contributed by atoms with Gasteiger partial charge in [-0.1, -0.05) is 12.1 Å². The van der Waals surface area contributed by atoms with Crippen LogP contribution in [0.3, 0.4) is 0 Å². The van der Waals surface area contributed by atoms with Gasteiger partial charge in [-0.25, -0.2) is 9.97 Å². The minimum absolute atomic E-state index is 0.0308. The number of benzene rings is 1. The molecule has 0 spiro atoms. The SMILES string of the molecule is Cc1cccc2[nH]c([C@H]3CCCN(C(=O)c4cscn4)C3)nc12. The molecule has 1 amide bonds. The Labute approximate surface area is 138 Å². The van der Waals surface area contributed by atoms with Crippen molar-refractivity contribution in [1.29, 1.82) is 0 Å². The van der Waals surface area contributed by atoms with E-state index >= 15 is 0 Å². The average molecular weight is 326 g/mol. The number of rotatable bonds is 2. The van der Waals surface area contributed by atoms with Crippen molar-refractivity contribution in [3.05, 3.63) is 46.2 Å². The average Bonchev–Trinajstić information content (AvgIpc) is 3.24. The fourth-order valence-corrected chi connectivity index (χ4v) is 3.78. The summed E-state index contributed by atoms with van der Waals surface area (Å²) in [4.78, 5) is 26.8. The van der Waals surface area contributed by atoms with Gasteiger partial charge in [0, 0.05) is 24.4 Å². The van der Waals surface area contributed by atoms with Gasteiger partial charge < -0.3 is 9.88 Å². The molecule has 4 rings (SSSR count). The number of likely N-dealkylation sites (tertiary alicyclic amines) is 1. The van der Waals surface area contributed by atoms with Gasteiger partial charge in [0.1, 0.15) is 11.5 Å². The lowest BCUT2D eigenvalue weighted by atomic mass is 9.97. The van der Waals surface area contributed by atoms with Crippen molar-refractivity contribution in [2.75, 3.05) is 13.1 Å². The van der Waals surface area contributed by atoms with Gasteiger partial charge >= 0.3 is 0 Å². The van der Waals surface area contributed by atoms with Gasteiger partial charge in [-0.15, -0.1) is 11.3 Å². The maximum absolute atomic E-state index is 12.5. The van der Waals surface area contributed by atoms with E-state index in [-0.39, 0.29) is 11.8 Å². The molecule has 1 N–H and O–H groups in total. The highest BCUT2D eigenvalue weighted by Gasteiger charge is 2.28. The Morgan fingerprint density at radius 3 is 3.13 bits per heavy atom. The molecule has 1 aliphatic rings. The van der Waals surface area contributed by atoms with Gasteiger partial charge in [0.05, 0.1) is 16.5 Å². The topological polar surface area (TPSA) is 61.9 Å². The first-order valence-corrected chi connectivity index (χ1v) is 8.79. The third-order valence-corrected chi connectivity index (χ3v) is 5.07. The van der Waals surface area contributed by atoms with E-state index < -0.39 is 0 Å². The van der Waals surface area contributed by atoms with Crippen LogP contribution in [0.4, 0.5) is 0 Å². The Hall–Kier alpha value is -2.21. The number of carbonyl (C=O) groups excluding carboxylic acids is 1. The molecule has 2 aromatic heterocycles. The number of imidazole rings is 1. The van der Waals surface area contributed by atoms with Gasteiger partial charge in [0.25, 0.3) is 5.91 Å². The summed E-state index contributed by atoms with van der Waals surface area (Å²) in [7, 11) is 0. The maximum Gasteiger partial charge on any atom is 0.273 e. The number of amides is 1. The second kappa shape index (κ2) is 5.77. The Morgan fingerprint density at radius 1 is 1.43 bits per heavy atom. The van der Waals surface area contributed by atoms with E-state index in [0.29, 0.717) is 12.2 Å². The third kappa shape index (κ3) is 2.63. The van der Waals surface area contributed by atoms with Crippen molar-refractivity contribution in [3.63, 3.8) is 0 Å². The van der Waals surface area contributed by atoms with Gasteiger partial charge in [-0.3, -0.25) is 4.79 Å². The lowest BCUT2D eigenvalue weighted by Crippen LogP contribution is -2.39. The van der Waals surface area contributed by atoms with E-state index in [4.69, 9.17) is 4.98 Å². The van der Waals surface area contributed by atoms with Crippen molar-refractivity contribution in [3.8, 4) is 0 Å². The zero-order valence-electron chi connectivity index (χ0n) is 13.0. The molecule has 0 radical (unpaired) electrons. The van der Waals surface area contributed by atoms with E-state index in [1.165, 1.54) is 16.9 Å². The molecular weight excluding hydrogens is 308 g/mol. The molecule has 1 aromatic carbocycles. The van der Waals surface area contributed by atoms with Crippen molar-refractivity contribution in [1.82, 2.24) is 19.9 Å². The van der Waals surface area contributed by atoms with Crippen LogP contribution in [0.25, 0.3) is 11.0 Å². The van der Waals surface area contributed by atoms with Crippen LogP contribution in [0.5, 0.6) is 0 Å². The van der Waals surface area contributed by atoms with E-state index in [1.807, 2.05) is 16.3 Å². The van der Waals surface area contributed by atoms with Crippen molar-refractivity contribution < 1.29 is 4.79 Å². The molecule has 1 atom stereocenters. The molecule has 1 fully saturated rings. The van der Waals surface area contributed by atoms with Crippen molar-refractivity contribution in [2.24, 2.45) is 0 Å². The highest BCUT2D eigenvalue weighted by molar-refractivity contribution is 7.07. The predicted octanol–water partition coefficient (Wildman–Crippen LogP) is 3.35. The van der Waals surface area contributed by atoms with E-state index in [9.17, 15) is 4.79 Å². The van der Waals surface area contributed by atoms with Crippen LogP contribution in [0.2, 0.25) is 0 Å². The number of fused-ring (bicyclic) bond motifs is 1. The van der Waals surface area contributed by atoms with E-state index in [1.54, 1.807) is 5.51 Å².